The molecular formula is C23H31NaO5S. The molecule has 0 spiro atoms. The molecule has 0 atom stereocenters. The normalized spacial score (nSPS) is 11.1. The van der Waals surface area contributed by atoms with Crippen molar-refractivity contribution in [3.05, 3.63) is 48.0 Å². The number of rotatable bonds is 13. The Balaban J connectivity index is 0.00000450. The zero-order chi connectivity index (χ0) is 21.1. The van der Waals surface area contributed by atoms with E-state index in [1.165, 1.54) is 57.4 Å². The van der Waals surface area contributed by atoms with E-state index in [4.69, 9.17) is 9.29 Å². The van der Waals surface area contributed by atoms with Gasteiger partial charge in [0.25, 0.3) is 10.1 Å². The fourth-order valence-electron chi connectivity index (χ4n) is 3.29. The molecule has 2 aromatic carbocycles. The molecule has 2 rings (SSSR count). The van der Waals surface area contributed by atoms with Gasteiger partial charge >= 0.3 is 29.6 Å². The van der Waals surface area contributed by atoms with E-state index in [1.54, 1.807) is 6.07 Å². The van der Waals surface area contributed by atoms with Gasteiger partial charge in [-0.05, 0) is 36.6 Å². The average molecular weight is 443 g/mol. The monoisotopic (exact) mass is 442 g/mol. The van der Waals surface area contributed by atoms with Crippen LogP contribution in [-0.2, 0) is 16.5 Å². The molecule has 0 aliphatic rings. The Hall–Kier alpha value is -1.05. The Morgan fingerprint density at radius 1 is 0.867 bits per heavy atom. The van der Waals surface area contributed by atoms with Gasteiger partial charge in [-0.3, -0.25) is 4.55 Å². The second kappa shape index (κ2) is 14.1. The summed E-state index contributed by atoms with van der Waals surface area (Å²) in [6, 6.07) is 11.1. The molecule has 160 valence electrons. The molecule has 0 fully saturated rings. The van der Waals surface area contributed by atoms with Gasteiger partial charge in [0.1, 0.15) is 11.5 Å². The molecule has 0 amide bonds. The molecule has 5 nitrogen and oxygen atoms in total. The first-order valence-electron chi connectivity index (χ1n) is 10.5. The molecule has 2 aromatic rings. The van der Waals surface area contributed by atoms with E-state index >= 15 is 0 Å². The van der Waals surface area contributed by atoms with E-state index in [9.17, 15) is 13.5 Å². The van der Waals surface area contributed by atoms with Crippen molar-refractivity contribution in [3.8, 4) is 17.2 Å². The van der Waals surface area contributed by atoms with E-state index in [2.05, 4.69) is 6.92 Å². The number of ether oxygens (including phenoxy) is 1. The average Bonchev–Trinajstić information content (AvgIpc) is 2.68. The van der Waals surface area contributed by atoms with Gasteiger partial charge in [-0.2, -0.15) is 8.42 Å². The molecule has 30 heavy (non-hydrogen) atoms. The SMILES string of the molecule is CCCCCCCCCCCc1cccc(Oc2ccc([O-])c(S(=O)(=O)O)c2)c1.[Na+]. The fourth-order valence-corrected chi connectivity index (χ4v) is 3.88. The molecule has 1 N–H and O–H groups in total. The summed E-state index contributed by atoms with van der Waals surface area (Å²) in [5.41, 5.74) is 1.15. The number of unbranched alkanes of at least 4 members (excludes halogenated alkanes) is 8. The molecule has 0 heterocycles. The van der Waals surface area contributed by atoms with Crippen molar-refractivity contribution >= 4 is 10.1 Å². The predicted octanol–water partition coefficient (Wildman–Crippen LogP) is 2.88. The Labute approximate surface area is 202 Å². The van der Waals surface area contributed by atoms with E-state index in [0.717, 1.165) is 30.5 Å². The minimum absolute atomic E-state index is 0. The molecule has 0 aliphatic carbocycles. The Morgan fingerprint density at radius 2 is 1.47 bits per heavy atom. The first kappa shape index (κ1) is 27.0. The van der Waals surface area contributed by atoms with Crippen LogP contribution in [0.5, 0.6) is 17.2 Å². The Bertz CT molecular complexity index is 868. The van der Waals surface area contributed by atoms with Gasteiger partial charge < -0.3 is 9.84 Å². The third-order valence-corrected chi connectivity index (χ3v) is 5.77. The number of hydrogen-bond donors (Lipinski definition) is 1. The Morgan fingerprint density at radius 3 is 2.10 bits per heavy atom. The van der Waals surface area contributed by atoms with Crippen molar-refractivity contribution in [1.29, 1.82) is 0 Å². The second-order valence-electron chi connectivity index (χ2n) is 7.41. The molecule has 0 aromatic heterocycles. The molecule has 0 radical (unpaired) electrons. The minimum atomic E-state index is -4.58. The van der Waals surface area contributed by atoms with Crippen LogP contribution in [0.4, 0.5) is 0 Å². The quantitative estimate of drug-likeness (QED) is 0.293. The van der Waals surface area contributed by atoms with Crippen LogP contribution in [0.3, 0.4) is 0 Å². The topological polar surface area (TPSA) is 86.7 Å². The van der Waals surface area contributed by atoms with Crippen molar-refractivity contribution in [1.82, 2.24) is 0 Å². The van der Waals surface area contributed by atoms with Crippen LogP contribution in [0.1, 0.15) is 70.3 Å². The van der Waals surface area contributed by atoms with Crippen LogP contribution in [0.25, 0.3) is 0 Å². The third-order valence-electron chi connectivity index (χ3n) is 4.90. The van der Waals surface area contributed by atoms with E-state index in [-0.39, 0.29) is 35.3 Å². The molecule has 0 unspecified atom stereocenters. The van der Waals surface area contributed by atoms with Crippen molar-refractivity contribution in [2.75, 3.05) is 0 Å². The van der Waals surface area contributed by atoms with Gasteiger partial charge in [0.15, 0.2) is 0 Å². The summed E-state index contributed by atoms with van der Waals surface area (Å²) in [5.74, 6) is -0.00484. The predicted molar refractivity (Wildman–Crippen MR) is 113 cm³/mol. The summed E-state index contributed by atoms with van der Waals surface area (Å²) in [5, 5.41) is 11.6. The number of benzene rings is 2. The maximum atomic E-state index is 11.6. The maximum absolute atomic E-state index is 11.6. The second-order valence-corrected chi connectivity index (χ2v) is 8.80. The fraction of sp³-hybridized carbons (Fsp3) is 0.478. The maximum Gasteiger partial charge on any atom is 1.00 e. The summed E-state index contributed by atoms with van der Waals surface area (Å²) in [6.07, 6.45) is 12.5. The number of aryl methyl sites for hydroxylation is 1. The van der Waals surface area contributed by atoms with Crippen LogP contribution in [0, 0.1) is 0 Å². The standard InChI is InChI=1S/C23H32O5S.Na/c1-2-3-4-5-6-7-8-9-10-12-19-13-11-14-20(17-19)28-21-15-16-22(24)23(18-21)29(25,26)27;/h11,13-18,24H,2-10,12H2,1H3,(H,25,26,27);/q;+1/p-1. The molecule has 0 aliphatic heterocycles. The van der Waals surface area contributed by atoms with Crippen LogP contribution >= 0.6 is 0 Å². The van der Waals surface area contributed by atoms with Crippen LogP contribution in [0.15, 0.2) is 47.4 Å². The van der Waals surface area contributed by atoms with Gasteiger partial charge in [0.2, 0.25) is 0 Å². The molecular weight excluding hydrogens is 411 g/mol. The van der Waals surface area contributed by atoms with Gasteiger partial charge in [-0.1, -0.05) is 82.2 Å². The van der Waals surface area contributed by atoms with E-state index in [1.807, 2.05) is 18.2 Å². The summed E-state index contributed by atoms with van der Waals surface area (Å²) in [6.45, 7) is 2.24. The summed E-state index contributed by atoms with van der Waals surface area (Å²) < 4.78 is 37.4. The summed E-state index contributed by atoms with van der Waals surface area (Å²) in [7, 11) is -4.58. The van der Waals surface area contributed by atoms with Gasteiger partial charge in [-0.15, -0.1) is 0 Å². The molecule has 0 saturated carbocycles. The Kier molecular flexibility index (Phi) is 12.7. The summed E-state index contributed by atoms with van der Waals surface area (Å²) in [4.78, 5) is -0.680. The largest absolute Gasteiger partial charge is 1.00 e. The third kappa shape index (κ3) is 9.84. The van der Waals surface area contributed by atoms with Crippen LogP contribution < -0.4 is 39.4 Å². The smallest absolute Gasteiger partial charge is 0.872 e. The molecule has 0 bridgehead atoms. The van der Waals surface area contributed by atoms with Crippen LogP contribution in [-0.4, -0.2) is 13.0 Å². The van der Waals surface area contributed by atoms with Crippen molar-refractivity contribution in [3.63, 3.8) is 0 Å². The zero-order valence-corrected chi connectivity index (χ0v) is 20.9. The van der Waals surface area contributed by atoms with Crippen molar-refractivity contribution < 1.29 is 52.4 Å². The van der Waals surface area contributed by atoms with Gasteiger partial charge in [0, 0.05) is 6.07 Å². The molecule has 7 heteroatoms. The van der Waals surface area contributed by atoms with Crippen molar-refractivity contribution in [2.45, 2.75) is 76.0 Å². The molecule has 0 saturated heterocycles. The van der Waals surface area contributed by atoms with Gasteiger partial charge in [-0.25, -0.2) is 0 Å². The number of hydrogen-bond acceptors (Lipinski definition) is 4. The van der Waals surface area contributed by atoms with Crippen molar-refractivity contribution in [2.24, 2.45) is 0 Å². The summed E-state index contributed by atoms with van der Waals surface area (Å²) >= 11 is 0. The van der Waals surface area contributed by atoms with Crippen LogP contribution in [0.2, 0.25) is 0 Å². The van der Waals surface area contributed by atoms with E-state index < -0.39 is 20.8 Å². The zero-order valence-electron chi connectivity index (χ0n) is 18.1. The first-order chi connectivity index (χ1) is 13.9. The first-order valence-corrected chi connectivity index (χ1v) is 11.9. The van der Waals surface area contributed by atoms with E-state index in [0.29, 0.717) is 5.75 Å². The van der Waals surface area contributed by atoms with Gasteiger partial charge in [0.05, 0.1) is 4.90 Å². The minimum Gasteiger partial charge on any atom is -0.872 e.